The molecule has 4 rings (SSSR count). The van der Waals surface area contributed by atoms with Gasteiger partial charge in [-0.1, -0.05) is 30.3 Å². The molecule has 0 bridgehead atoms. The van der Waals surface area contributed by atoms with Gasteiger partial charge in [-0.25, -0.2) is 19.6 Å². The highest BCUT2D eigenvalue weighted by atomic mass is 16.6. The highest BCUT2D eigenvalue weighted by molar-refractivity contribution is 6.28. The summed E-state index contributed by atoms with van der Waals surface area (Å²) >= 11 is 0. The summed E-state index contributed by atoms with van der Waals surface area (Å²) in [5.41, 5.74) is 4.24. The second-order valence-electron chi connectivity index (χ2n) is 7.49. The number of hydrogen-bond donors (Lipinski definition) is 3. The van der Waals surface area contributed by atoms with Crippen LogP contribution in [0.15, 0.2) is 36.5 Å². The maximum atomic E-state index is 11.3. The molecule has 156 valence electrons. The van der Waals surface area contributed by atoms with Gasteiger partial charge in [0.15, 0.2) is 5.65 Å². The molecule has 3 aromatic rings. The van der Waals surface area contributed by atoms with Crippen LogP contribution in [0.1, 0.15) is 24.2 Å². The van der Waals surface area contributed by atoms with Crippen LogP contribution in [0.2, 0.25) is 0 Å². The van der Waals surface area contributed by atoms with Crippen LogP contribution in [0.5, 0.6) is 0 Å². The number of carboxylic acids is 1. The first-order chi connectivity index (χ1) is 14.6. The van der Waals surface area contributed by atoms with E-state index in [2.05, 4.69) is 20.3 Å². The average molecular weight is 408 g/mol. The van der Waals surface area contributed by atoms with Gasteiger partial charge in [0.1, 0.15) is 5.82 Å². The lowest BCUT2D eigenvalue weighted by atomic mass is 9.94. The van der Waals surface area contributed by atoms with E-state index in [0.29, 0.717) is 18.0 Å². The van der Waals surface area contributed by atoms with E-state index in [1.165, 1.54) is 0 Å². The van der Waals surface area contributed by atoms with E-state index in [9.17, 15) is 9.59 Å². The highest BCUT2D eigenvalue weighted by Gasteiger charge is 2.19. The van der Waals surface area contributed by atoms with Crippen LogP contribution >= 0.6 is 0 Å². The Hall–Kier alpha value is -3.26. The second kappa shape index (κ2) is 9.04. The third kappa shape index (κ3) is 4.49. The van der Waals surface area contributed by atoms with Gasteiger partial charge >= 0.3 is 11.9 Å². The number of piperidine rings is 1. The molecule has 1 fully saturated rings. The molecule has 0 unspecified atom stereocenters. The van der Waals surface area contributed by atoms with Crippen molar-refractivity contribution < 1.29 is 19.4 Å². The molecule has 0 radical (unpaired) electrons. The fraction of sp³-hybridized carbons (Fsp3) is 0.364. The third-order valence-electron chi connectivity index (χ3n) is 5.46. The first-order valence-corrected chi connectivity index (χ1v) is 10.1. The molecule has 8 heteroatoms. The molecule has 0 aliphatic carbocycles. The Kier molecular flexibility index (Phi) is 6.04. The molecule has 30 heavy (non-hydrogen) atoms. The van der Waals surface area contributed by atoms with Crippen molar-refractivity contribution in [3.8, 4) is 11.1 Å². The summed E-state index contributed by atoms with van der Waals surface area (Å²) in [7, 11) is 0. The number of fused-ring (bicyclic) bond motifs is 1. The zero-order chi connectivity index (χ0) is 20.9. The van der Waals surface area contributed by atoms with Crippen LogP contribution in [-0.2, 0) is 27.2 Å². The quantitative estimate of drug-likeness (QED) is 0.423. The number of imidazole rings is 1. The fourth-order valence-electron chi connectivity index (χ4n) is 3.94. The van der Waals surface area contributed by atoms with Crippen LogP contribution in [0.4, 0.5) is 0 Å². The van der Waals surface area contributed by atoms with Crippen molar-refractivity contribution in [1.29, 1.82) is 0 Å². The molecule has 8 nitrogen and oxygen atoms in total. The predicted octanol–water partition coefficient (Wildman–Crippen LogP) is 2.34. The lowest BCUT2D eigenvalue weighted by molar-refractivity contribution is -0.163. The first kappa shape index (κ1) is 20.0. The van der Waals surface area contributed by atoms with Crippen LogP contribution in [0.25, 0.3) is 22.3 Å². The van der Waals surface area contributed by atoms with Gasteiger partial charge in [-0.2, -0.15) is 0 Å². The summed E-state index contributed by atoms with van der Waals surface area (Å²) in [6.45, 7) is 2.02. The Labute approximate surface area is 173 Å². The molecule has 3 N–H and O–H groups in total. The van der Waals surface area contributed by atoms with Crippen LogP contribution in [0.3, 0.4) is 0 Å². The zero-order valence-electron chi connectivity index (χ0n) is 16.6. The number of aromatic nitrogens is 3. The van der Waals surface area contributed by atoms with Crippen LogP contribution in [-0.4, -0.2) is 51.7 Å². The summed E-state index contributed by atoms with van der Waals surface area (Å²) < 4.78 is 4.88. The van der Waals surface area contributed by atoms with E-state index in [-0.39, 0.29) is 6.61 Å². The maximum absolute atomic E-state index is 11.3. The zero-order valence-corrected chi connectivity index (χ0v) is 16.6. The minimum absolute atomic E-state index is 0.0350. The Morgan fingerprint density at radius 2 is 1.93 bits per heavy atom. The van der Waals surface area contributed by atoms with E-state index in [0.717, 1.165) is 60.4 Å². The summed E-state index contributed by atoms with van der Waals surface area (Å²) in [6, 6.07) is 9.81. The Morgan fingerprint density at radius 1 is 1.17 bits per heavy atom. The molecule has 1 saturated heterocycles. The smallest absolute Gasteiger partial charge is 0.417 e. The Balaban J connectivity index is 1.65. The van der Waals surface area contributed by atoms with Gasteiger partial charge in [0.2, 0.25) is 0 Å². The maximum Gasteiger partial charge on any atom is 0.417 e. The fourth-order valence-corrected chi connectivity index (χ4v) is 3.94. The number of nitrogens with one attached hydrogen (secondary N) is 2. The lowest BCUT2D eigenvalue weighted by Crippen LogP contribution is -2.28. The van der Waals surface area contributed by atoms with Gasteiger partial charge in [0.25, 0.3) is 0 Å². The van der Waals surface area contributed by atoms with E-state index >= 15 is 0 Å². The molecule has 2 aromatic heterocycles. The standard InChI is InChI=1S/C22H24N4O4/c27-21(28)22(29)30-11-8-16-17(15-4-2-1-3-5-15)13-24-20-19(16)25-18(26-20)12-14-6-9-23-10-7-14/h1-5,13-14,23H,6-12H2,(H,27,28)(H,24,25,26). The number of rotatable bonds is 6. The van der Waals surface area contributed by atoms with Gasteiger partial charge in [0.05, 0.1) is 12.1 Å². The number of aromatic amines is 1. The number of carbonyl (C=O) groups is 2. The van der Waals surface area contributed by atoms with E-state index in [4.69, 9.17) is 9.84 Å². The van der Waals surface area contributed by atoms with Crippen molar-refractivity contribution in [2.75, 3.05) is 19.7 Å². The average Bonchev–Trinajstić information content (AvgIpc) is 3.17. The van der Waals surface area contributed by atoms with Crippen molar-refractivity contribution in [2.45, 2.75) is 25.7 Å². The summed E-state index contributed by atoms with van der Waals surface area (Å²) in [5, 5.41) is 12.1. The number of pyridine rings is 1. The topological polar surface area (TPSA) is 117 Å². The first-order valence-electron chi connectivity index (χ1n) is 10.1. The van der Waals surface area contributed by atoms with Gasteiger partial charge in [0, 0.05) is 24.6 Å². The van der Waals surface area contributed by atoms with Crippen molar-refractivity contribution in [3.63, 3.8) is 0 Å². The number of benzene rings is 1. The molecule has 1 aliphatic heterocycles. The van der Waals surface area contributed by atoms with Crippen molar-refractivity contribution >= 4 is 23.1 Å². The van der Waals surface area contributed by atoms with Crippen molar-refractivity contribution in [3.05, 3.63) is 47.9 Å². The monoisotopic (exact) mass is 408 g/mol. The number of esters is 1. The molecule has 0 amide bonds. The molecule has 3 heterocycles. The Morgan fingerprint density at radius 3 is 2.67 bits per heavy atom. The van der Waals surface area contributed by atoms with E-state index < -0.39 is 11.9 Å². The summed E-state index contributed by atoms with van der Waals surface area (Å²) in [5.74, 6) is -1.36. The third-order valence-corrected chi connectivity index (χ3v) is 5.46. The highest BCUT2D eigenvalue weighted by Crippen LogP contribution is 2.29. The largest absolute Gasteiger partial charge is 0.473 e. The number of aliphatic carboxylic acids is 1. The molecular formula is C22H24N4O4. The summed E-state index contributed by atoms with van der Waals surface area (Å²) in [4.78, 5) is 34.7. The minimum Gasteiger partial charge on any atom is -0.473 e. The predicted molar refractivity (Wildman–Crippen MR) is 111 cm³/mol. The number of hydrogen-bond acceptors (Lipinski definition) is 6. The van der Waals surface area contributed by atoms with Crippen molar-refractivity contribution in [2.24, 2.45) is 5.92 Å². The number of nitrogens with zero attached hydrogens (tertiary/aromatic N) is 2. The normalized spacial score (nSPS) is 14.7. The minimum atomic E-state index is -1.59. The number of ether oxygens (including phenoxy) is 1. The van der Waals surface area contributed by atoms with Gasteiger partial charge in [-0.3, -0.25) is 0 Å². The van der Waals surface area contributed by atoms with Crippen molar-refractivity contribution in [1.82, 2.24) is 20.3 Å². The SMILES string of the molecule is O=C(O)C(=O)OCCc1c(-c2ccccc2)cnc2nc(CC3CCNCC3)[nH]c12. The molecular weight excluding hydrogens is 384 g/mol. The molecule has 1 aliphatic rings. The molecule has 1 aromatic carbocycles. The van der Waals surface area contributed by atoms with Gasteiger partial charge in [-0.05, 0) is 43.0 Å². The van der Waals surface area contributed by atoms with E-state index in [1.54, 1.807) is 6.20 Å². The van der Waals surface area contributed by atoms with Crippen LogP contribution in [0, 0.1) is 5.92 Å². The molecule has 0 spiro atoms. The van der Waals surface area contributed by atoms with E-state index in [1.807, 2.05) is 30.3 Å². The number of carbonyl (C=O) groups excluding carboxylic acids is 1. The van der Waals surface area contributed by atoms with Gasteiger partial charge in [-0.15, -0.1) is 0 Å². The molecule has 0 atom stereocenters. The summed E-state index contributed by atoms with van der Waals surface area (Å²) in [6.07, 6.45) is 5.25. The van der Waals surface area contributed by atoms with Crippen LogP contribution < -0.4 is 5.32 Å². The lowest BCUT2D eigenvalue weighted by Gasteiger charge is -2.21. The second-order valence-corrected chi connectivity index (χ2v) is 7.49. The number of carboxylic acid groups (broad SMARTS) is 1. The van der Waals surface area contributed by atoms with Gasteiger partial charge < -0.3 is 20.1 Å². The Bertz CT molecular complexity index is 1040. The molecule has 0 saturated carbocycles. The number of H-pyrrole nitrogens is 1.